The van der Waals surface area contributed by atoms with Crippen molar-refractivity contribution in [3.63, 3.8) is 0 Å². The van der Waals surface area contributed by atoms with E-state index in [9.17, 15) is 14.4 Å². The molecule has 1 heterocycles. The zero-order chi connectivity index (χ0) is 23.3. The lowest BCUT2D eigenvalue weighted by atomic mass is 9.84. The molecule has 168 valence electrons. The minimum absolute atomic E-state index is 0.252. The first-order valence-corrected chi connectivity index (χ1v) is 11.1. The van der Waals surface area contributed by atoms with Crippen molar-refractivity contribution in [2.75, 3.05) is 6.54 Å². The molecular formula is C26H24ClN3O3. The van der Waals surface area contributed by atoms with Crippen LogP contribution in [0.15, 0.2) is 84.9 Å². The molecule has 4 amide bonds. The van der Waals surface area contributed by atoms with Crippen molar-refractivity contribution < 1.29 is 14.4 Å². The minimum atomic E-state index is -1.16. The summed E-state index contributed by atoms with van der Waals surface area (Å²) >= 11 is 5.98. The number of rotatable bonds is 8. The molecule has 7 heteroatoms. The van der Waals surface area contributed by atoms with E-state index >= 15 is 0 Å². The average molecular weight is 462 g/mol. The van der Waals surface area contributed by atoms with Gasteiger partial charge in [-0.2, -0.15) is 0 Å². The fourth-order valence-corrected chi connectivity index (χ4v) is 4.27. The lowest BCUT2D eigenvalue weighted by Gasteiger charge is -2.27. The summed E-state index contributed by atoms with van der Waals surface area (Å²) in [6.07, 6.45) is 0.655. The highest BCUT2D eigenvalue weighted by molar-refractivity contribution is 6.30. The molecule has 0 bridgehead atoms. The number of amides is 4. The highest BCUT2D eigenvalue weighted by atomic mass is 35.5. The summed E-state index contributed by atoms with van der Waals surface area (Å²) < 4.78 is 0. The van der Waals surface area contributed by atoms with Gasteiger partial charge in [-0.1, -0.05) is 84.4 Å². The van der Waals surface area contributed by atoms with Crippen LogP contribution < -0.4 is 10.6 Å². The largest absolute Gasteiger partial charge is 0.350 e. The Morgan fingerprint density at radius 1 is 0.848 bits per heavy atom. The van der Waals surface area contributed by atoms with E-state index in [4.69, 9.17) is 11.6 Å². The molecule has 0 atom stereocenters. The molecule has 1 saturated heterocycles. The number of halogens is 1. The number of nitrogens with zero attached hydrogens (tertiary/aromatic N) is 1. The van der Waals surface area contributed by atoms with Crippen molar-refractivity contribution in [3.05, 3.63) is 107 Å². The zero-order valence-corrected chi connectivity index (χ0v) is 18.7. The Morgan fingerprint density at radius 2 is 1.42 bits per heavy atom. The molecular weight excluding hydrogens is 438 g/mol. The summed E-state index contributed by atoms with van der Waals surface area (Å²) in [5.74, 6) is -0.827. The van der Waals surface area contributed by atoms with E-state index in [2.05, 4.69) is 10.6 Å². The van der Waals surface area contributed by atoms with E-state index in [-0.39, 0.29) is 13.1 Å². The number of imide groups is 1. The first kappa shape index (κ1) is 22.6. The van der Waals surface area contributed by atoms with Gasteiger partial charge in [0.2, 0.25) is 5.91 Å². The Hall–Kier alpha value is -3.64. The SMILES string of the molecule is O=C(CN1C(=O)NC(Cc2ccccc2)(Cc2ccccc2)C1=O)NCc1cccc(Cl)c1. The van der Waals surface area contributed by atoms with Gasteiger partial charge in [0.25, 0.3) is 5.91 Å². The molecule has 2 N–H and O–H groups in total. The second kappa shape index (κ2) is 9.88. The maximum atomic E-state index is 13.5. The van der Waals surface area contributed by atoms with Gasteiger partial charge in [0.15, 0.2) is 0 Å². The second-order valence-corrected chi connectivity index (χ2v) is 8.57. The van der Waals surface area contributed by atoms with Crippen LogP contribution in [0.4, 0.5) is 4.79 Å². The lowest BCUT2D eigenvalue weighted by Crippen LogP contribution is -2.51. The molecule has 4 rings (SSSR count). The van der Waals surface area contributed by atoms with Crippen molar-refractivity contribution in [2.24, 2.45) is 0 Å². The van der Waals surface area contributed by atoms with Crippen molar-refractivity contribution in [1.82, 2.24) is 15.5 Å². The molecule has 0 saturated carbocycles. The smallest absolute Gasteiger partial charge is 0.325 e. The molecule has 3 aromatic carbocycles. The van der Waals surface area contributed by atoms with Crippen LogP contribution in [0.1, 0.15) is 16.7 Å². The van der Waals surface area contributed by atoms with Crippen LogP contribution in [0.5, 0.6) is 0 Å². The Bertz CT molecular complexity index is 1110. The summed E-state index contributed by atoms with van der Waals surface area (Å²) in [4.78, 5) is 39.9. The first-order valence-electron chi connectivity index (χ1n) is 10.7. The standard InChI is InChI=1S/C26H24ClN3O3/c27-22-13-7-12-21(14-22)17-28-23(31)18-30-24(32)26(29-25(30)33,15-19-8-3-1-4-9-19)16-20-10-5-2-6-11-20/h1-14H,15-18H2,(H,28,31)(H,29,33). The quantitative estimate of drug-likeness (QED) is 0.502. The molecule has 1 fully saturated rings. The number of urea groups is 1. The third-order valence-corrected chi connectivity index (χ3v) is 5.86. The van der Waals surface area contributed by atoms with Gasteiger partial charge < -0.3 is 10.6 Å². The van der Waals surface area contributed by atoms with Crippen molar-refractivity contribution in [2.45, 2.75) is 24.9 Å². The van der Waals surface area contributed by atoms with Gasteiger partial charge in [-0.25, -0.2) is 4.79 Å². The Balaban J connectivity index is 1.50. The van der Waals surface area contributed by atoms with E-state index < -0.39 is 23.4 Å². The fourth-order valence-electron chi connectivity index (χ4n) is 4.06. The average Bonchev–Trinajstić information content (AvgIpc) is 3.03. The Kier molecular flexibility index (Phi) is 6.75. The fraction of sp³-hybridized carbons (Fsp3) is 0.192. The maximum absolute atomic E-state index is 13.5. The summed E-state index contributed by atoms with van der Waals surface area (Å²) in [5, 5.41) is 6.21. The molecule has 0 unspecified atom stereocenters. The molecule has 3 aromatic rings. The molecule has 0 spiro atoms. The normalized spacial score (nSPS) is 14.8. The van der Waals surface area contributed by atoms with Crippen LogP contribution in [0.25, 0.3) is 0 Å². The van der Waals surface area contributed by atoms with Gasteiger partial charge in [-0.3, -0.25) is 14.5 Å². The summed E-state index contributed by atoms with van der Waals surface area (Å²) in [6, 6.07) is 25.6. The molecule has 1 aliphatic heterocycles. The second-order valence-electron chi connectivity index (χ2n) is 8.13. The van der Waals surface area contributed by atoms with Gasteiger partial charge >= 0.3 is 6.03 Å². The van der Waals surface area contributed by atoms with Crippen LogP contribution in [-0.4, -0.2) is 34.8 Å². The van der Waals surface area contributed by atoms with Crippen molar-refractivity contribution in [1.29, 1.82) is 0 Å². The number of benzene rings is 3. The van der Waals surface area contributed by atoms with Gasteiger partial charge in [0.05, 0.1) is 0 Å². The van der Waals surface area contributed by atoms with Crippen LogP contribution in [0, 0.1) is 0 Å². The van der Waals surface area contributed by atoms with Crippen molar-refractivity contribution >= 4 is 29.4 Å². The first-order chi connectivity index (χ1) is 15.9. The van der Waals surface area contributed by atoms with E-state index in [1.807, 2.05) is 66.7 Å². The van der Waals surface area contributed by atoms with Gasteiger partial charge in [0.1, 0.15) is 12.1 Å². The van der Waals surface area contributed by atoms with E-state index in [0.717, 1.165) is 21.6 Å². The van der Waals surface area contributed by atoms with E-state index in [1.165, 1.54) is 0 Å². The molecule has 0 aliphatic carbocycles. The minimum Gasteiger partial charge on any atom is -0.350 e. The predicted molar refractivity (Wildman–Crippen MR) is 127 cm³/mol. The van der Waals surface area contributed by atoms with Crippen LogP contribution in [-0.2, 0) is 29.0 Å². The molecule has 0 radical (unpaired) electrons. The molecule has 6 nitrogen and oxygen atoms in total. The van der Waals surface area contributed by atoms with Crippen molar-refractivity contribution in [3.8, 4) is 0 Å². The number of carbonyl (C=O) groups is 3. The van der Waals surface area contributed by atoms with Crippen LogP contribution in [0.3, 0.4) is 0 Å². The topological polar surface area (TPSA) is 78.5 Å². The highest BCUT2D eigenvalue weighted by Crippen LogP contribution is 2.27. The zero-order valence-electron chi connectivity index (χ0n) is 18.0. The number of carbonyl (C=O) groups excluding carboxylic acids is 3. The summed E-state index contributed by atoms with van der Waals surface area (Å²) in [5.41, 5.74) is 1.52. The van der Waals surface area contributed by atoms with Gasteiger partial charge in [-0.05, 0) is 28.8 Å². The van der Waals surface area contributed by atoms with E-state index in [1.54, 1.807) is 18.2 Å². The third kappa shape index (κ3) is 5.41. The van der Waals surface area contributed by atoms with Gasteiger partial charge in [0, 0.05) is 24.4 Å². The monoisotopic (exact) mass is 461 g/mol. The Labute approximate surface area is 197 Å². The predicted octanol–water partition coefficient (Wildman–Crippen LogP) is 3.73. The lowest BCUT2D eigenvalue weighted by molar-refractivity contribution is -0.135. The number of nitrogens with one attached hydrogen (secondary N) is 2. The summed E-state index contributed by atoms with van der Waals surface area (Å²) in [6.45, 7) is -0.0984. The van der Waals surface area contributed by atoms with Crippen LogP contribution >= 0.6 is 11.6 Å². The maximum Gasteiger partial charge on any atom is 0.325 e. The molecule has 0 aromatic heterocycles. The molecule has 1 aliphatic rings. The van der Waals surface area contributed by atoms with Gasteiger partial charge in [-0.15, -0.1) is 0 Å². The number of hydrogen-bond acceptors (Lipinski definition) is 3. The highest BCUT2D eigenvalue weighted by Gasteiger charge is 2.51. The van der Waals surface area contributed by atoms with Crippen LogP contribution in [0.2, 0.25) is 5.02 Å². The third-order valence-electron chi connectivity index (χ3n) is 5.62. The molecule has 33 heavy (non-hydrogen) atoms. The van der Waals surface area contributed by atoms with E-state index in [0.29, 0.717) is 17.9 Å². The summed E-state index contributed by atoms with van der Waals surface area (Å²) in [7, 11) is 0. The number of hydrogen-bond donors (Lipinski definition) is 2. The Morgan fingerprint density at radius 3 is 2.00 bits per heavy atom.